The molecule has 0 aliphatic rings. The van der Waals surface area contributed by atoms with Gasteiger partial charge in [0.25, 0.3) is 0 Å². The fraction of sp³-hybridized carbons (Fsp3) is 0.130. The Morgan fingerprint density at radius 2 is 1.13 bits per heavy atom. The van der Waals surface area contributed by atoms with Crippen molar-refractivity contribution in [3.05, 3.63) is 72.1 Å². The van der Waals surface area contributed by atoms with Crippen LogP contribution in [0, 0.1) is 0 Å². The maximum atomic E-state index is 11.2. The number of para-hydroxylation sites is 2. The highest BCUT2D eigenvalue weighted by Gasteiger charge is 2.11. The number of nitrogens with zero attached hydrogens (tertiary/aromatic N) is 2. The highest BCUT2D eigenvalue weighted by molar-refractivity contribution is 5.92. The van der Waals surface area contributed by atoms with Crippen LogP contribution in [0.25, 0.3) is 21.8 Å². The zero-order valence-corrected chi connectivity index (χ0v) is 16.3. The third-order valence-corrected chi connectivity index (χ3v) is 4.61. The molecular formula is C23H18N2O6. The Kier molecular flexibility index (Phi) is 5.61. The molecule has 0 unspecified atom stereocenters. The summed E-state index contributed by atoms with van der Waals surface area (Å²) < 4.78 is 11.6. The van der Waals surface area contributed by atoms with Crippen LogP contribution in [-0.2, 0) is 0 Å². The van der Waals surface area contributed by atoms with E-state index < -0.39 is 11.9 Å². The molecule has 0 amide bonds. The molecule has 0 atom stereocenters. The minimum Gasteiger partial charge on any atom is -0.491 e. The van der Waals surface area contributed by atoms with E-state index in [0.29, 0.717) is 42.2 Å². The summed E-state index contributed by atoms with van der Waals surface area (Å²) in [6.07, 6.45) is 0.546. The molecule has 0 spiro atoms. The molecule has 156 valence electrons. The van der Waals surface area contributed by atoms with Gasteiger partial charge in [-0.2, -0.15) is 0 Å². The number of rotatable bonds is 8. The molecule has 2 aromatic heterocycles. The summed E-state index contributed by atoms with van der Waals surface area (Å²) in [4.78, 5) is 30.7. The average Bonchev–Trinajstić information content (AvgIpc) is 2.78. The molecule has 0 saturated carbocycles. The lowest BCUT2D eigenvalue weighted by molar-refractivity contribution is 0.0680. The van der Waals surface area contributed by atoms with Gasteiger partial charge in [-0.25, -0.2) is 19.6 Å². The normalized spacial score (nSPS) is 10.8. The van der Waals surface area contributed by atoms with E-state index >= 15 is 0 Å². The first kappa shape index (κ1) is 20.1. The highest BCUT2D eigenvalue weighted by atomic mass is 16.5. The summed E-state index contributed by atoms with van der Waals surface area (Å²) in [7, 11) is 0. The second-order valence-corrected chi connectivity index (χ2v) is 6.71. The van der Waals surface area contributed by atoms with Crippen molar-refractivity contribution < 1.29 is 29.3 Å². The molecular weight excluding hydrogens is 400 g/mol. The van der Waals surface area contributed by atoms with E-state index in [-0.39, 0.29) is 11.4 Å². The van der Waals surface area contributed by atoms with Crippen LogP contribution in [0.2, 0.25) is 0 Å². The molecule has 0 aliphatic carbocycles. The number of aromatic nitrogens is 2. The van der Waals surface area contributed by atoms with Crippen molar-refractivity contribution in [2.24, 2.45) is 0 Å². The molecule has 31 heavy (non-hydrogen) atoms. The number of carboxylic acids is 2. The van der Waals surface area contributed by atoms with Crippen molar-refractivity contribution >= 4 is 33.7 Å². The standard InChI is InChI=1S/C23H18N2O6/c26-22(27)16-10-8-14-4-1-6-18(20(14)24-16)30-12-3-13-31-19-7-2-5-15-9-11-17(23(28)29)25-21(15)19/h1-2,4-11H,3,12-13H2,(H,26,27)(H,28,29). The zero-order valence-electron chi connectivity index (χ0n) is 16.3. The molecule has 2 heterocycles. The summed E-state index contributed by atoms with van der Waals surface area (Å²) in [5.74, 6) is -1.20. The maximum absolute atomic E-state index is 11.2. The van der Waals surface area contributed by atoms with Gasteiger partial charge in [-0.15, -0.1) is 0 Å². The number of hydrogen-bond donors (Lipinski definition) is 2. The van der Waals surface area contributed by atoms with Gasteiger partial charge in [-0.1, -0.05) is 36.4 Å². The quantitative estimate of drug-likeness (QED) is 0.412. The monoisotopic (exact) mass is 418 g/mol. The Bertz CT molecular complexity index is 1190. The zero-order chi connectivity index (χ0) is 21.8. The summed E-state index contributed by atoms with van der Waals surface area (Å²) in [5, 5.41) is 19.9. The van der Waals surface area contributed by atoms with Crippen molar-refractivity contribution in [3.63, 3.8) is 0 Å². The molecule has 0 bridgehead atoms. The molecule has 0 radical (unpaired) electrons. The lowest BCUT2D eigenvalue weighted by Crippen LogP contribution is -2.07. The van der Waals surface area contributed by atoms with Crippen LogP contribution >= 0.6 is 0 Å². The van der Waals surface area contributed by atoms with Gasteiger partial charge in [-0.05, 0) is 24.3 Å². The Balaban J connectivity index is 1.41. The predicted molar refractivity (Wildman–Crippen MR) is 113 cm³/mol. The third-order valence-electron chi connectivity index (χ3n) is 4.61. The number of aromatic carboxylic acids is 2. The summed E-state index contributed by atoms with van der Waals surface area (Å²) in [5.41, 5.74) is 0.887. The fourth-order valence-corrected chi connectivity index (χ4v) is 3.13. The lowest BCUT2D eigenvalue weighted by Gasteiger charge is -2.11. The first-order chi connectivity index (χ1) is 15.0. The largest absolute Gasteiger partial charge is 0.491 e. The van der Waals surface area contributed by atoms with Gasteiger partial charge < -0.3 is 19.7 Å². The van der Waals surface area contributed by atoms with E-state index in [0.717, 1.165) is 10.8 Å². The minimum atomic E-state index is -1.10. The van der Waals surface area contributed by atoms with Crippen LogP contribution < -0.4 is 9.47 Å². The van der Waals surface area contributed by atoms with Crippen LogP contribution in [0.15, 0.2) is 60.7 Å². The smallest absolute Gasteiger partial charge is 0.354 e. The molecule has 2 N–H and O–H groups in total. The number of ether oxygens (including phenoxy) is 2. The number of hydrogen-bond acceptors (Lipinski definition) is 6. The van der Waals surface area contributed by atoms with Gasteiger partial charge in [0.15, 0.2) is 0 Å². The first-order valence-corrected chi connectivity index (χ1v) is 9.54. The predicted octanol–water partition coefficient (Wildman–Crippen LogP) is 4.03. The molecule has 8 nitrogen and oxygen atoms in total. The Morgan fingerprint density at radius 1 is 0.677 bits per heavy atom. The van der Waals surface area contributed by atoms with Gasteiger partial charge in [0.05, 0.1) is 13.2 Å². The van der Waals surface area contributed by atoms with Crippen LogP contribution in [0.4, 0.5) is 0 Å². The van der Waals surface area contributed by atoms with Crippen molar-refractivity contribution in [1.29, 1.82) is 0 Å². The van der Waals surface area contributed by atoms with Crippen molar-refractivity contribution in [2.45, 2.75) is 6.42 Å². The van der Waals surface area contributed by atoms with Gasteiger partial charge >= 0.3 is 11.9 Å². The molecule has 0 fully saturated rings. The molecule has 8 heteroatoms. The fourth-order valence-electron chi connectivity index (χ4n) is 3.13. The van der Waals surface area contributed by atoms with Crippen molar-refractivity contribution in [1.82, 2.24) is 9.97 Å². The van der Waals surface area contributed by atoms with Crippen LogP contribution in [0.1, 0.15) is 27.4 Å². The van der Waals surface area contributed by atoms with E-state index in [1.807, 2.05) is 24.3 Å². The van der Waals surface area contributed by atoms with Crippen LogP contribution in [-0.4, -0.2) is 45.3 Å². The molecule has 0 saturated heterocycles. The van der Waals surface area contributed by atoms with Crippen molar-refractivity contribution in [2.75, 3.05) is 13.2 Å². The highest BCUT2D eigenvalue weighted by Crippen LogP contribution is 2.26. The summed E-state index contributed by atoms with van der Waals surface area (Å²) >= 11 is 0. The lowest BCUT2D eigenvalue weighted by atomic mass is 10.2. The Labute approximate surface area is 176 Å². The van der Waals surface area contributed by atoms with Gasteiger partial charge in [-0.3, -0.25) is 0 Å². The van der Waals surface area contributed by atoms with E-state index in [4.69, 9.17) is 19.7 Å². The molecule has 4 aromatic rings. The third kappa shape index (κ3) is 4.37. The maximum Gasteiger partial charge on any atom is 0.354 e. The van der Waals surface area contributed by atoms with E-state index in [9.17, 15) is 9.59 Å². The Hall–Kier alpha value is -4.20. The van der Waals surface area contributed by atoms with Crippen molar-refractivity contribution in [3.8, 4) is 11.5 Å². The number of benzene rings is 2. The first-order valence-electron chi connectivity index (χ1n) is 9.54. The SMILES string of the molecule is O=C(O)c1ccc2cccc(OCCCOc3cccc4ccc(C(=O)O)nc34)c2n1. The second kappa shape index (κ2) is 8.66. The second-order valence-electron chi connectivity index (χ2n) is 6.71. The number of carboxylic acid groups (broad SMARTS) is 2. The summed E-state index contributed by atoms with van der Waals surface area (Å²) in [6.45, 7) is 0.660. The van der Waals surface area contributed by atoms with Gasteiger partial charge in [0.2, 0.25) is 0 Å². The number of fused-ring (bicyclic) bond motifs is 2. The Morgan fingerprint density at radius 3 is 1.55 bits per heavy atom. The number of carbonyl (C=O) groups is 2. The number of pyridine rings is 2. The summed E-state index contributed by atoms with van der Waals surface area (Å²) in [6, 6.07) is 17.1. The van der Waals surface area contributed by atoms with Crippen LogP contribution in [0.3, 0.4) is 0 Å². The van der Waals surface area contributed by atoms with E-state index in [2.05, 4.69) is 9.97 Å². The van der Waals surface area contributed by atoms with Gasteiger partial charge in [0, 0.05) is 17.2 Å². The molecule has 2 aromatic carbocycles. The molecule has 4 rings (SSSR count). The average molecular weight is 418 g/mol. The topological polar surface area (TPSA) is 119 Å². The van der Waals surface area contributed by atoms with Gasteiger partial charge in [0.1, 0.15) is 33.9 Å². The van der Waals surface area contributed by atoms with Crippen LogP contribution in [0.5, 0.6) is 11.5 Å². The van der Waals surface area contributed by atoms with E-state index in [1.165, 1.54) is 12.1 Å². The molecule has 0 aliphatic heterocycles. The van der Waals surface area contributed by atoms with E-state index in [1.54, 1.807) is 24.3 Å². The minimum absolute atomic E-state index is 0.0453.